The summed E-state index contributed by atoms with van der Waals surface area (Å²) in [4.78, 5) is 5.94. The van der Waals surface area contributed by atoms with Crippen molar-refractivity contribution in [2.75, 3.05) is 0 Å². The van der Waals surface area contributed by atoms with Gasteiger partial charge in [0.05, 0.1) is 10.7 Å². The quantitative estimate of drug-likeness (QED) is 0.651. The molecule has 0 aliphatic rings. The topological polar surface area (TPSA) is 12.9 Å². The summed E-state index contributed by atoms with van der Waals surface area (Å²) in [6, 6.07) is 0. The van der Waals surface area contributed by atoms with Crippen LogP contribution in [0.25, 0.3) is 0 Å². The highest BCUT2D eigenvalue weighted by atomic mass is 32.1. The fraction of sp³-hybridized carbons (Fsp3) is 0.700. The molecule has 0 amide bonds. The molecule has 0 fully saturated rings. The van der Waals surface area contributed by atoms with Crippen LogP contribution < -0.4 is 0 Å². The van der Waals surface area contributed by atoms with Crippen molar-refractivity contribution in [3.8, 4) is 0 Å². The van der Waals surface area contributed by atoms with Crippen molar-refractivity contribution in [2.45, 2.75) is 46.5 Å². The van der Waals surface area contributed by atoms with Crippen LogP contribution in [0.2, 0.25) is 0 Å². The van der Waals surface area contributed by atoms with Gasteiger partial charge in [0.15, 0.2) is 0 Å². The Labute approximate surface area is 78.8 Å². The molecule has 1 heterocycles. The molecule has 0 aliphatic carbocycles. The molecule has 0 unspecified atom stereocenters. The lowest BCUT2D eigenvalue weighted by atomic mass is 9.94. The van der Waals surface area contributed by atoms with E-state index in [-0.39, 0.29) is 5.41 Å². The molecule has 0 atom stereocenters. The van der Waals surface area contributed by atoms with E-state index in [1.54, 1.807) is 0 Å². The maximum absolute atomic E-state index is 4.51. The monoisotopic (exact) mass is 183 g/mol. The Morgan fingerprint density at radius 1 is 1.33 bits per heavy atom. The van der Waals surface area contributed by atoms with E-state index in [2.05, 4.69) is 39.6 Å². The maximum atomic E-state index is 4.51. The van der Waals surface area contributed by atoms with Gasteiger partial charge in [-0.05, 0) is 18.8 Å². The van der Waals surface area contributed by atoms with Gasteiger partial charge in [0.25, 0.3) is 0 Å². The molecule has 12 heavy (non-hydrogen) atoms. The third-order valence-electron chi connectivity index (χ3n) is 1.82. The van der Waals surface area contributed by atoms with E-state index in [9.17, 15) is 0 Å². The van der Waals surface area contributed by atoms with Crippen LogP contribution in [0.4, 0.5) is 0 Å². The molecular formula is C10H17NS. The molecule has 68 valence electrons. The van der Waals surface area contributed by atoms with Gasteiger partial charge < -0.3 is 0 Å². The average molecular weight is 183 g/mol. The van der Waals surface area contributed by atoms with E-state index in [0.29, 0.717) is 0 Å². The van der Waals surface area contributed by atoms with Crippen molar-refractivity contribution in [2.24, 2.45) is 0 Å². The summed E-state index contributed by atoms with van der Waals surface area (Å²) < 4.78 is 0. The molecule has 0 spiro atoms. The Balaban J connectivity index is 3.08. The fourth-order valence-corrected chi connectivity index (χ4v) is 2.36. The first-order chi connectivity index (χ1) is 5.45. The van der Waals surface area contributed by atoms with Crippen LogP contribution in [-0.2, 0) is 11.8 Å². The Bertz CT molecular complexity index is 268. The second-order valence-corrected chi connectivity index (χ2v) is 5.21. The van der Waals surface area contributed by atoms with Gasteiger partial charge in [-0.3, -0.25) is 0 Å². The van der Waals surface area contributed by atoms with E-state index in [0.717, 1.165) is 6.42 Å². The van der Waals surface area contributed by atoms with Crippen LogP contribution in [0.15, 0.2) is 0 Å². The number of aromatic nitrogens is 1. The number of nitrogens with zero attached hydrogens (tertiary/aromatic N) is 1. The first kappa shape index (κ1) is 9.72. The van der Waals surface area contributed by atoms with Crippen molar-refractivity contribution in [1.29, 1.82) is 0 Å². The lowest BCUT2D eigenvalue weighted by Gasteiger charge is -2.16. The maximum Gasteiger partial charge on any atom is 0.0928 e. The summed E-state index contributed by atoms with van der Waals surface area (Å²) in [5.74, 6) is 0. The zero-order valence-electron chi connectivity index (χ0n) is 8.56. The summed E-state index contributed by atoms with van der Waals surface area (Å²) in [5.41, 5.74) is 1.47. The van der Waals surface area contributed by atoms with Gasteiger partial charge in [-0.15, -0.1) is 11.3 Å². The van der Waals surface area contributed by atoms with Crippen LogP contribution in [-0.4, -0.2) is 4.98 Å². The highest BCUT2D eigenvalue weighted by Gasteiger charge is 2.19. The number of thiazole rings is 1. The van der Waals surface area contributed by atoms with Crippen molar-refractivity contribution in [1.82, 2.24) is 4.98 Å². The van der Waals surface area contributed by atoms with E-state index in [1.165, 1.54) is 15.6 Å². The van der Waals surface area contributed by atoms with Crippen molar-refractivity contribution >= 4 is 11.3 Å². The average Bonchev–Trinajstić information content (AvgIpc) is 2.29. The normalized spacial score (nSPS) is 12.1. The molecule has 0 aromatic carbocycles. The van der Waals surface area contributed by atoms with Crippen LogP contribution in [0.5, 0.6) is 0 Å². The molecule has 1 nitrogen and oxygen atoms in total. The molecule has 1 rings (SSSR count). The second kappa shape index (κ2) is 3.17. The van der Waals surface area contributed by atoms with Gasteiger partial charge in [0, 0.05) is 4.88 Å². The molecule has 1 aromatic heterocycles. The first-order valence-electron chi connectivity index (χ1n) is 4.42. The van der Waals surface area contributed by atoms with Gasteiger partial charge in [-0.2, -0.15) is 0 Å². The highest BCUT2D eigenvalue weighted by Crippen LogP contribution is 2.31. The van der Waals surface area contributed by atoms with Gasteiger partial charge in [-0.1, -0.05) is 27.7 Å². The summed E-state index contributed by atoms with van der Waals surface area (Å²) in [5, 5.41) is 1.26. The third-order valence-corrected chi connectivity index (χ3v) is 3.55. The van der Waals surface area contributed by atoms with Crippen LogP contribution >= 0.6 is 11.3 Å². The molecule has 0 aliphatic heterocycles. The molecule has 0 saturated heterocycles. The number of hydrogen-bond acceptors (Lipinski definition) is 2. The largest absolute Gasteiger partial charge is 0.246 e. The minimum atomic E-state index is 0.259. The molecule has 0 N–H and O–H groups in total. The minimum absolute atomic E-state index is 0.259. The van der Waals surface area contributed by atoms with Gasteiger partial charge in [0.1, 0.15) is 0 Å². The Kier molecular flexibility index (Phi) is 2.57. The van der Waals surface area contributed by atoms with Gasteiger partial charge >= 0.3 is 0 Å². The van der Waals surface area contributed by atoms with E-state index in [1.807, 2.05) is 11.3 Å². The lowest BCUT2D eigenvalue weighted by molar-refractivity contribution is 0.598. The van der Waals surface area contributed by atoms with Crippen LogP contribution in [0.3, 0.4) is 0 Å². The predicted octanol–water partition coefficient (Wildman–Crippen LogP) is 3.31. The smallest absolute Gasteiger partial charge is 0.0928 e. The Hall–Kier alpha value is -0.370. The summed E-state index contributed by atoms with van der Waals surface area (Å²) in [7, 11) is 0. The molecule has 2 heteroatoms. The molecule has 0 saturated carbocycles. The Morgan fingerprint density at radius 2 is 1.92 bits per heavy atom. The first-order valence-corrected chi connectivity index (χ1v) is 5.23. The standard InChI is InChI=1S/C10H17NS/c1-6-8-11-7(2)9(12-8)10(3,4)5/h6H2,1-5H3. The summed E-state index contributed by atoms with van der Waals surface area (Å²) in [6.45, 7) is 11.0. The van der Waals surface area contributed by atoms with E-state index in [4.69, 9.17) is 0 Å². The minimum Gasteiger partial charge on any atom is -0.246 e. The predicted molar refractivity (Wildman–Crippen MR) is 54.9 cm³/mol. The van der Waals surface area contributed by atoms with E-state index < -0.39 is 0 Å². The summed E-state index contributed by atoms with van der Waals surface area (Å²) in [6.07, 6.45) is 1.06. The van der Waals surface area contributed by atoms with Crippen LogP contribution in [0.1, 0.15) is 43.3 Å². The zero-order chi connectivity index (χ0) is 9.35. The number of hydrogen-bond donors (Lipinski definition) is 0. The van der Waals surface area contributed by atoms with Gasteiger partial charge in [-0.25, -0.2) is 4.98 Å². The molecule has 1 aromatic rings. The molecule has 0 bridgehead atoms. The van der Waals surface area contributed by atoms with Crippen molar-refractivity contribution in [3.05, 3.63) is 15.6 Å². The zero-order valence-corrected chi connectivity index (χ0v) is 9.38. The van der Waals surface area contributed by atoms with Crippen molar-refractivity contribution < 1.29 is 0 Å². The van der Waals surface area contributed by atoms with Crippen LogP contribution in [0, 0.1) is 6.92 Å². The van der Waals surface area contributed by atoms with E-state index >= 15 is 0 Å². The SMILES string of the molecule is CCc1nc(C)c(C(C)(C)C)s1. The number of aryl methyl sites for hydroxylation is 2. The highest BCUT2D eigenvalue weighted by molar-refractivity contribution is 7.11. The second-order valence-electron chi connectivity index (χ2n) is 4.13. The molecular weight excluding hydrogens is 166 g/mol. The van der Waals surface area contributed by atoms with Gasteiger partial charge in [0.2, 0.25) is 0 Å². The molecule has 0 radical (unpaired) electrons. The Morgan fingerprint density at radius 3 is 2.17 bits per heavy atom. The number of rotatable bonds is 1. The third kappa shape index (κ3) is 1.86. The summed E-state index contributed by atoms with van der Waals surface area (Å²) >= 11 is 1.86. The fourth-order valence-electron chi connectivity index (χ4n) is 1.30. The lowest BCUT2D eigenvalue weighted by Crippen LogP contribution is -2.10. The van der Waals surface area contributed by atoms with Crippen molar-refractivity contribution in [3.63, 3.8) is 0 Å².